The zero-order chi connectivity index (χ0) is 15.9. The molecule has 0 heteroatoms. The van der Waals surface area contributed by atoms with Crippen molar-refractivity contribution in [3.8, 4) is 11.1 Å². The van der Waals surface area contributed by atoms with E-state index in [0.29, 0.717) is 0 Å². The van der Waals surface area contributed by atoms with E-state index in [1.165, 1.54) is 43.1 Å². The topological polar surface area (TPSA) is 0 Å². The molecule has 114 valence electrons. The Kier molecular flexibility index (Phi) is 3.02. The van der Waals surface area contributed by atoms with Crippen molar-refractivity contribution < 1.29 is 0 Å². The number of hydrogen-bond acceptors (Lipinski definition) is 0. The smallest absolute Gasteiger partial charge is 0.00297 e. The summed E-state index contributed by atoms with van der Waals surface area (Å²) in [5, 5.41) is 8.22. The molecule has 0 aromatic heterocycles. The van der Waals surface area contributed by atoms with Gasteiger partial charge in [-0.2, -0.15) is 0 Å². The van der Waals surface area contributed by atoms with E-state index >= 15 is 0 Å². The fraction of sp³-hybridized carbons (Fsp3) is 0.0833. The maximum absolute atomic E-state index is 2.43. The van der Waals surface area contributed by atoms with Crippen LogP contribution in [0.3, 0.4) is 0 Å². The van der Waals surface area contributed by atoms with E-state index in [1.807, 2.05) is 0 Å². The molecule has 0 saturated heterocycles. The molecule has 4 aromatic carbocycles. The van der Waals surface area contributed by atoms with E-state index in [4.69, 9.17) is 0 Å². The van der Waals surface area contributed by atoms with Crippen molar-refractivity contribution in [2.45, 2.75) is 12.8 Å². The van der Waals surface area contributed by atoms with Crippen LogP contribution in [0.2, 0.25) is 0 Å². The molecule has 0 radical (unpaired) electrons. The molecule has 5 rings (SSSR count). The first-order chi connectivity index (χ1) is 11.9. The lowest BCUT2D eigenvalue weighted by Gasteiger charge is -2.13. The molecule has 0 heterocycles. The van der Waals surface area contributed by atoms with Gasteiger partial charge in [0.05, 0.1) is 0 Å². The van der Waals surface area contributed by atoms with Gasteiger partial charge in [0.2, 0.25) is 0 Å². The summed E-state index contributed by atoms with van der Waals surface area (Å²) in [6.45, 7) is 0. The van der Waals surface area contributed by atoms with Crippen LogP contribution in [-0.4, -0.2) is 0 Å². The van der Waals surface area contributed by atoms with Crippen LogP contribution in [0.4, 0.5) is 0 Å². The molecule has 0 aliphatic heterocycles. The molecule has 0 atom stereocenters. The van der Waals surface area contributed by atoms with Crippen LogP contribution in [0.5, 0.6) is 0 Å². The molecular weight excluding hydrogens is 288 g/mol. The Morgan fingerprint density at radius 3 is 2.17 bits per heavy atom. The summed E-state index contributed by atoms with van der Waals surface area (Å²) in [7, 11) is 0. The SMILES string of the molecule is C1=c2c(-c3ccccc3)cc3ccc4ccccc4c3c2=CCC1. The maximum atomic E-state index is 2.43. The summed E-state index contributed by atoms with van der Waals surface area (Å²) in [6, 6.07) is 26.4. The van der Waals surface area contributed by atoms with Crippen LogP contribution >= 0.6 is 0 Å². The molecule has 1 aliphatic carbocycles. The van der Waals surface area contributed by atoms with Gasteiger partial charge in [-0.15, -0.1) is 0 Å². The predicted octanol–water partition coefficient (Wildman–Crippen LogP) is 5.01. The Labute approximate surface area is 141 Å². The van der Waals surface area contributed by atoms with E-state index in [1.54, 1.807) is 0 Å². The van der Waals surface area contributed by atoms with Gasteiger partial charge in [-0.05, 0) is 62.0 Å². The number of benzene rings is 4. The van der Waals surface area contributed by atoms with Crippen molar-refractivity contribution in [2.24, 2.45) is 0 Å². The Morgan fingerprint density at radius 2 is 1.29 bits per heavy atom. The minimum atomic E-state index is 1.13. The van der Waals surface area contributed by atoms with Gasteiger partial charge in [-0.1, -0.05) is 78.9 Å². The zero-order valence-electron chi connectivity index (χ0n) is 13.5. The van der Waals surface area contributed by atoms with Crippen molar-refractivity contribution in [2.75, 3.05) is 0 Å². The third-order valence-electron chi connectivity index (χ3n) is 5.06. The molecule has 4 aromatic rings. The highest BCUT2D eigenvalue weighted by Crippen LogP contribution is 2.26. The molecule has 0 unspecified atom stereocenters. The summed E-state index contributed by atoms with van der Waals surface area (Å²) in [6.07, 6.45) is 7.10. The van der Waals surface area contributed by atoms with Crippen LogP contribution < -0.4 is 10.4 Å². The molecule has 0 saturated carbocycles. The normalized spacial score (nSPS) is 13.3. The second-order valence-corrected chi connectivity index (χ2v) is 6.49. The zero-order valence-corrected chi connectivity index (χ0v) is 13.5. The molecule has 0 fully saturated rings. The minimum Gasteiger partial charge on any atom is -0.0757 e. The number of hydrogen-bond donors (Lipinski definition) is 0. The lowest BCUT2D eigenvalue weighted by Crippen LogP contribution is -2.29. The highest BCUT2D eigenvalue weighted by Gasteiger charge is 2.10. The highest BCUT2D eigenvalue weighted by molar-refractivity contribution is 6.09. The van der Waals surface area contributed by atoms with Gasteiger partial charge >= 0.3 is 0 Å². The van der Waals surface area contributed by atoms with E-state index in [9.17, 15) is 0 Å². The van der Waals surface area contributed by atoms with Crippen LogP contribution in [0.1, 0.15) is 12.8 Å². The number of fused-ring (bicyclic) bond motifs is 5. The van der Waals surface area contributed by atoms with Gasteiger partial charge in [-0.3, -0.25) is 0 Å². The van der Waals surface area contributed by atoms with Gasteiger partial charge < -0.3 is 0 Å². The van der Waals surface area contributed by atoms with Crippen molar-refractivity contribution in [1.29, 1.82) is 0 Å². The lowest BCUT2D eigenvalue weighted by molar-refractivity contribution is 1.12. The maximum Gasteiger partial charge on any atom is -0.00297 e. The molecule has 1 aliphatic rings. The molecule has 0 nitrogen and oxygen atoms in total. The minimum absolute atomic E-state index is 1.13. The quantitative estimate of drug-likeness (QED) is 0.433. The summed E-state index contributed by atoms with van der Waals surface area (Å²) in [5.41, 5.74) is 2.65. The van der Waals surface area contributed by atoms with Crippen molar-refractivity contribution in [3.05, 3.63) is 83.2 Å². The molecule has 24 heavy (non-hydrogen) atoms. The van der Waals surface area contributed by atoms with E-state index in [0.717, 1.165) is 12.8 Å². The molecule has 0 amide bonds. The first kappa shape index (κ1) is 13.6. The monoisotopic (exact) mass is 306 g/mol. The Hall–Kier alpha value is -2.86. The summed E-state index contributed by atoms with van der Waals surface area (Å²) < 4.78 is 0. The first-order valence-corrected chi connectivity index (χ1v) is 8.62. The summed E-state index contributed by atoms with van der Waals surface area (Å²) in [5.74, 6) is 0. The molecule has 0 bridgehead atoms. The highest BCUT2D eigenvalue weighted by atomic mass is 14.1. The Bertz CT molecular complexity index is 1180. The van der Waals surface area contributed by atoms with Crippen LogP contribution in [0.25, 0.3) is 44.8 Å². The Morgan fingerprint density at radius 1 is 0.583 bits per heavy atom. The Balaban J connectivity index is 2.02. The van der Waals surface area contributed by atoms with Crippen molar-refractivity contribution >= 4 is 33.7 Å². The standard InChI is InChI=1S/C24H18/c1-2-8-17(9-3-1)23-16-19-15-14-18-10-4-5-11-20(18)24(19)22-13-7-6-12-21(22)23/h1-5,8-16H,6-7H2. The average molecular weight is 306 g/mol. The third-order valence-corrected chi connectivity index (χ3v) is 5.06. The van der Waals surface area contributed by atoms with E-state index in [-0.39, 0.29) is 0 Å². The first-order valence-electron chi connectivity index (χ1n) is 8.62. The van der Waals surface area contributed by atoms with E-state index < -0.39 is 0 Å². The van der Waals surface area contributed by atoms with Crippen LogP contribution in [-0.2, 0) is 0 Å². The van der Waals surface area contributed by atoms with Gasteiger partial charge in [-0.25, -0.2) is 0 Å². The van der Waals surface area contributed by atoms with Crippen molar-refractivity contribution in [3.63, 3.8) is 0 Å². The van der Waals surface area contributed by atoms with Crippen molar-refractivity contribution in [1.82, 2.24) is 0 Å². The summed E-state index contributed by atoms with van der Waals surface area (Å²) in [4.78, 5) is 0. The second kappa shape index (κ2) is 5.35. The fourth-order valence-corrected chi connectivity index (χ4v) is 3.97. The summed E-state index contributed by atoms with van der Waals surface area (Å²) >= 11 is 0. The van der Waals surface area contributed by atoms with Gasteiger partial charge in [0.15, 0.2) is 0 Å². The predicted molar refractivity (Wildman–Crippen MR) is 104 cm³/mol. The van der Waals surface area contributed by atoms with Crippen LogP contribution in [0, 0.1) is 0 Å². The molecule has 0 spiro atoms. The molecule has 0 N–H and O–H groups in total. The third kappa shape index (κ3) is 2.00. The van der Waals surface area contributed by atoms with Gasteiger partial charge in [0.25, 0.3) is 0 Å². The number of rotatable bonds is 1. The van der Waals surface area contributed by atoms with Crippen LogP contribution in [0.15, 0.2) is 72.8 Å². The average Bonchev–Trinajstić information content (AvgIpc) is 2.67. The van der Waals surface area contributed by atoms with E-state index in [2.05, 4.69) is 84.9 Å². The van der Waals surface area contributed by atoms with Gasteiger partial charge in [0, 0.05) is 0 Å². The second-order valence-electron chi connectivity index (χ2n) is 6.49. The van der Waals surface area contributed by atoms with Gasteiger partial charge in [0.1, 0.15) is 0 Å². The largest absolute Gasteiger partial charge is 0.0757 e. The fourth-order valence-electron chi connectivity index (χ4n) is 3.97. The molecular formula is C24H18. The lowest BCUT2D eigenvalue weighted by atomic mass is 9.91.